The first-order valence-corrected chi connectivity index (χ1v) is 10.3. The van der Waals surface area contributed by atoms with Gasteiger partial charge in [0.25, 0.3) is 0 Å². The number of hydrogen-bond acceptors (Lipinski definition) is 2. The van der Waals surface area contributed by atoms with E-state index in [9.17, 15) is 32.2 Å². The van der Waals surface area contributed by atoms with Gasteiger partial charge in [0.15, 0.2) is 0 Å². The minimum Gasteiger partial charge on any atom is -0.393 e. The lowest BCUT2D eigenvalue weighted by molar-refractivity contribution is -0.346. The van der Waals surface area contributed by atoms with Crippen LogP contribution in [0.3, 0.4) is 0 Å². The summed E-state index contributed by atoms with van der Waals surface area (Å²) >= 11 is 0. The lowest BCUT2D eigenvalue weighted by Gasteiger charge is -2.59. The molecule has 2 N–H and O–H groups in total. The topological polar surface area (TPSA) is 40.5 Å². The van der Waals surface area contributed by atoms with Crippen LogP contribution in [-0.2, 0) is 0 Å². The molecule has 7 heteroatoms. The van der Waals surface area contributed by atoms with Crippen LogP contribution < -0.4 is 0 Å². The Kier molecular flexibility index (Phi) is 4.36. The molecule has 7 atom stereocenters. The van der Waals surface area contributed by atoms with Crippen LogP contribution in [0.25, 0.3) is 0 Å². The van der Waals surface area contributed by atoms with Crippen molar-refractivity contribution in [3.05, 3.63) is 11.6 Å². The van der Waals surface area contributed by atoms with Crippen molar-refractivity contribution < 1.29 is 32.2 Å². The number of hydrogen-bond donors (Lipinski definition) is 2. The summed E-state index contributed by atoms with van der Waals surface area (Å²) in [5.74, 6) is -4.24. The van der Waals surface area contributed by atoms with Crippen LogP contribution >= 0.6 is 0 Å². The molecule has 0 amide bonds. The molecule has 0 radical (unpaired) electrons. The minimum atomic E-state index is -5.76. The van der Waals surface area contributed by atoms with Gasteiger partial charge in [0.05, 0.1) is 6.10 Å². The highest BCUT2D eigenvalue weighted by atomic mass is 19.4. The van der Waals surface area contributed by atoms with Crippen molar-refractivity contribution in [2.24, 2.45) is 28.6 Å². The van der Waals surface area contributed by atoms with E-state index in [2.05, 4.69) is 6.92 Å². The van der Waals surface area contributed by atoms with Crippen LogP contribution in [0.1, 0.15) is 65.2 Å². The van der Waals surface area contributed by atoms with E-state index >= 15 is 0 Å². The van der Waals surface area contributed by atoms with Gasteiger partial charge in [-0.3, -0.25) is 0 Å². The molecule has 0 heterocycles. The second kappa shape index (κ2) is 5.93. The number of halogens is 5. The van der Waals surface area contributed by atoms with Gasteiger partial charge >= 0.3 is 12.1 Å². The van der Waals surface area contributed by atoms with Crippen LogP contribution in [-0.4, -0.2) is 34.0 Å². The highest BCUT2D eigenvalue weighted by molar-refractivity contribution is 5.28. The van der Waals surface area contributed by atoms with Gasteiger partial charge in [-0.2, -0.15) is 22.0 Å². The molecular weight excluding hydrogens is 379 g/mol. The molecule has 0 bridgehead atoms. The number of rotatable bonds is 1. The number of aliphatic hydroxyl groups is 2. The summed E-state index contributed by atoms with van der Waals surface area (Å²) in [7, 11) is 0. The molecule has 160 valence electrons. The van der Waals surface area contributed by atoms with E-state index < -0.39 is 36.0 Å². The van der Waals surface area contributed by atoms with Crippen molar-refractivity contribution >= 4 is 0 Å². The van der Waals surface area contributed by atoms with Gasteiger partial charge in [0, 0.05) is 6.42 Å². The maximum absolute atomic E-state index is 14.1. The van der Waals surface area contributed by atoms with E-state index in [0.717, 1.165) is 25.7 Å². The lowest BCUT2D eigenvalue weighted by Crippen LogP contribution is -2.61. The molecular formula is C21H29F5O2. The second-order valence-electron chi connectivity index (χ2n) is 10.2. The molecule has 4 aliphatic rings. The molecule has 3 saturated carbocycles. The Labute approximate surface area is 162 Å². The zero-order valence-corrected chi connectivity index (χ0v) is 16.3. The van der Waals surface area contributed by atoms with Crippen molar-refractivity contribution in [2.45, 2.75) is 89.0 Å². The molecule has 4 aliphatic carbocycles. The van der Waals surface area contributed by atoms with E-state index in [1.54, 1.807) is 0 Å². The number of aliphatic hydroxyl groups excluding tert-OH is 1. The van der Waals surface area contributed by atoms with Crippen LogP contribution in [0, 0.1) is 28.6 Å². The fraction of sp³-hybridized carbons (Fsp3) is 0.905. The number of allylic oxidation sites excluding steroid dienone is 1. The first-order chi connectivity index (χ1) is 12.8. The van der Waals surface area contributed by atoms with E-state index in [1.165, 1.54) is 0 Å². The SMILES string of the molecule is C[C@]12CCC(O)(C(F)(F)C(F)(F)F)CC1=CC[C@@H]1[C@H]2CC[C@]2(C)C(O)CC[C@@H]12. The zero-order valence-electron chi connectivity index (χ0n) is 16.3. The van der Waals surface area contributed by atoms with Crippen molar-refractivity contribution in [3.63, 3.8) is 0 Å². The van der Waals surface area contributed by atoms with Gasteiger partial charge in [-0.25, -0.2) is 0 Å². The average molecular weight is 408 g/mol. The third-order valence-electron chi connectivity index (χ3n) is 9.06. The van der Waals surface area contributed by atoms with Gasteiger partial charge in [0.2, 0.25) is 0 Å². The van der Waals surface area contributed by atoms with Crippen molar-refractivity contribution in [1.82, 2.24) is 0 Å². The Morgan fingerprint density at radius 2 is 1.64 bits per heavy atom. The van der Waals surface area contributed by atoms with Crippen LogP contribution in [0.4, 0.5) is 22.0 Å². The Balaban J connectivity index is 1.64. The third-order valence-corrected chi connectivity index (χ3v) is 9.06. The Morgan fingerprint density at radius 1 is 0.964 bits per heavy atom. The highest BCUT2D eigenvalue weighted by Crippen LogP contribution is 2.66. The van der Waals surface area contributed by atoms with Gasteiger partial charge in [0.1, 0.15) is 5.60 Å². The smallest absolute Gasteiger partial charge is 0.393 e. The summed E-state index contributed by atoms with van der Waals surface area (Å²) in [5.41, 5.74) is -3.09. The number of alkyl halides is 5. The number of fused-ring (bicyclic) bond motifs is 5. The maximum atomic E-state index is 14.1. The monoisotopic (exact) mass is 408 g/mol. The molecule has 0 spiro atoms. The predicted molar refractivity (Wildman–Crippen MR) is 93.7 cm³/mol. The van der Waals surface area contributed by atoms with Crippen LogP contribution in [0.5, 0.6) is 0 Å². The maximum Gasteiger partial charge on any atom is 0.456 e. The summed E-state index contributed by atoms with van der Waals surface area (Å²) < 4.78 is 66.9. The summed E-state index contributed by atoms with van der Waals surface area (Å²) in [6.45, 7) is 4.12. The Bertz CT molecular complexity index is 689. The van der Waals surface area contributed by atoms with Gasteiger partial charge < -0.3 is 10.2 Å². The van der Waals surface area contributed by atoms with Gasteiger partial charge in [-0.15, -0.1) is 0 Å². The molecule has 2 unspecified atom stereocenters. The Morgan fingerprint density at radius 3 is 2.29 bits per heavy atom. The van der Waals surface area contributed by atoms with E-state index in [4.69, 9.17) is 0 Å². The van der Waals surface area contributed by atoms with E-state index in [1.807, 2.05) is 13.0 Å². The summed E-state index contributed by atoms with van der Waals surface area (Å²) in [6, 6.07) is 0. The largest absolute Gasteiger partial charge is 0.456 e. The van der Waals surface area contributed by atoms with Crippen molar-refractivity contribution in [1.29, 1.82) is 0 Å². The standard InChI is InChI=1S/C21H29F5O2/c1-17-9-10-19(28,20(22,23)21(24,25)26)11-12(17)3-4-13-14-5-6-16(27)18(14,2)8-7-15(13)17/h3,13-16,27-28H,4-11H2,1-2H3/t13-,14-,15+,16?,17-,18-,19?/m0/s1. The molecule has 0 aromatic carbocycles. The molecule has 0 aromatic rings. The molecule has 0 saturated heterocycles. The quantitative estimate of drug-likeness (QED) is 0.460. The van der Waals surface area contributed by atoms with Gasteiger partial charge in [-0.05, 0) is 73.5 Å². The molecule has 0 aromatic heterocycles. The van der Waals surface area contributed by atoms with Gasteiger partial charge in [-0.1, -0.05) is 25.5 Å². The van der Waals surface area contributed by atoms with E-state index in [-0.39, 0.29) is 23.9 Å². The normalized spacial score (nSPS) is 49.1. The molecule has 28 heavy (non-hydrogen) atoms. The Hall–Kier alpha value is -0.690. The highest BCUT2D eigenvalue weighted by Gasteiger charge is 2.72. The molecule has 0 aliphatic heterocycles. The average Bonchev–Trinajstić information content (AvgIpc) is 2.90. The van der Waals surface area contributed by atoms with Crippen molar-refractivity contribution in [3.8, 4) is 0 Å². The van der Waals surface area contributed by atoms with E-state index in [0.29, 0.717) is 23.8 Å². The zero-order chi connectivity index (χ0) is 20.8. The van der Waals surface area contributed by atoms with Crippen LogP contribution in [0.15, 0.2) is 11.6 Å². The third kappa shape index (κ3) is 2.50. The predicted octanol–water partition coefficient (Wildman–Crippen LogP) is 5.24. The summed E-state index contributed by atoms with van der Waals surface area (Å²) in [6.07, 6.45) is -1.26. The summed E-state index contributed by atoms with van der Waals surface area (Å²) in [5, 5.41) is 20.8. The minimum absolute atomic E-state index is 0.123. The first-order valence-electron chi connectivity index (χ1n) is 10.3. The summed E-state index contributed by atoms with van der Waals surface area (Å²) in [4.78, 5) is 0. The second-order valence-corrected chi connectivity index (χ2v) is 10.2. The van der Waals surface area contributed by atoms with Crippen LogP contribution in [0.2, 0.25) is 0 Å². The molecule has 2 nitrogen and oxygen atoms in total. The molecule has 3 fully saturated rings. The van der Waals surface area contributed by atoms with Crippen molar-refractivity contribution in [2.75, 3.05) is 0 Å². The first kappa shape index (κ1) is 20.6. The molecule has 4 rings (SSSR count). The lowest BCUT2D eigenvalue weighted by atomic mass is 9.47. The fourth-order valence-corrected chi connectivity index (χ4v) is 7.15. The fourth-order valence-electron chi connectivity index (χ4n) is 7.15.